The Morgan fingerprint density at radius 2 is 0.469 bits per heavy atom. The lowest BCUT2D eigenvalue weighted by atomic mass is 9.87. The number of rotatable bonds is 14. The molecule has 0 saturated carbocycles. The van der Waals surface area contributed by atoms with Crippen molar-refractivity contribution in [3.8, 4) is 22.3 Å². The molecule has 6 nitrogen and oxygen atoms in total. The molecule has 464 valence electrons. The standard InChI is InChI=1S/C90H72N4O2/c1-89(2,3)65-41-49-73(50-42-65)93(69-33-21-11-22-34-69)81-59-79-80(85-77-55-53-75(57-83(77)95-87(81)85)91(67-29-17-9-18-30-67)71-45-37-63(38-46-71)61-25-13-7-14-26-61)60-82(94(70-35-23-12-24-36-70)74-51-43-66(44-52-74)90(4,5)6)88-86(79)78-56-54-76(58-84(78)96-88)92(68-31-19-10-20-32-68)72-47-39-64(40-48-72)62-27-15-8-16-28-62/h7-60H,1-6H3. The fourth-order valence-electron chi connectivity index (χ4n) is 13.8. The zero-order chi connectivity index (χ0) is 65.1. The third kappa shape index (κ3) is 11.0. The number of hydrogen-bond acceptors (Lipinski definition) is 6. The van der Waals surface area contributed by atoms with Crippen molar-refractivity contribution in [2.24, 2.45) is 0 Å². The van der Waals surface area contributed by atoms with Crippen molar-refractivity contribution in [1.82, 2.24) is 0 Å². The van der Waals surface area contributed by atoms with E-state index in [0.717, 1.165) is 134 Å². The summed E-state index contributed by atoms with van der Waals surface area (Å²) in [6, 6.07) is 118. The largest absolute Gasteiger partial charge is 0.454 e. The van der Waals surface area contributed by atoms with Gasteiger partial charge in [0.05, 0.1) is 11.4 Å². The topological polar surface area (TPSA) is 39.2 Å². The monoisotopic (exact) mass is 1240 g/mol. The van der Waals surface area contributed by atoms with E-state index < -0.39 is 0 Å². The minimum Gasteiger partial charge on any atom is -0.454 e. The van der Waals surface area contributed by atoms with Crippen LogP contribution in [-0.2, 0) is 10.8 Å². The first-order valence-electron chi connectivity index (χ1n) is 33.1. The SMILES string of the molecule is CC(C)(C)c1ccc(N(c2ccccc2)c2cc3c(cc(N(c4ccccc4)c4ccc(C(C)(C)C)cc4)c4oc5cc(N(c6ccccc6)c6ccc(-c7ccccc7)cc6)ccc5c43)c3c2oc2cc(N(c4ccccc4)c4ccc(-c5ccccc5)cc4)ccc23)cc1. The highest BCUT2D eigenvalue weighted by atomic mass is 16.3. The normalized spacial score (nSPS) is 11.9. The molecular weight excluding hydrogens is 1170 g/mol. The van der Waals surface area contributed by atoms with Crippen LogP contribution in [-0.4, -0.2) is 0 Å². The van der Waals surface area contributed by atoms with Gasteiger partial charge in [-0.2, -0.15) is 0 Å². The Bertz CT molecular complexity index is 5090. The van der Waals surface area contributed by atoms with Gasteiger partial charge in [-0.15, -0.1) is 0 Å². The highest BCUT2D eigenvalue weighted by Gasteiger charge is 2.30. The van der Waals surface area contributed by atoms with E-state index in [2.05, 4.69) is 389 Å². The van der Waals surface area contributed by atoms with Gasteiger partial charge in [0.1, 0.15) is 11.2 Å². The Labute approximate surface area is 561 Å². The Kier molecular flexibility index (Phi) is 14.9. The first-order chi connectivity index (χ1) is 46.9. The Morgan fingerprint density at radius 3 is 0.781 bits per heavy atom. The number of benzene rings is 14. The second-order valence-corrected chi connectivity index (χ2v) is 27.0. The van der Waals surface area contributed by atoms with Gasteiger partial charge in [0.25, 0.3) is 0 Å². The van der Waals surface area contributed by atoms with Gasteiger partial charge in [-0.1, -0.05) is 224 Å². The van der Waals surface area contributed by atoms with E-state index in [1.807, 2.05) is 0 Å². The summed E-state index contributed by atoms with van der Waals surface area (Å²) in [6.45, 7) is 13.6. The van der Waals surface area contributed by atoms with Gasteiger partial charge in [-0.05, 0) is 188 Å². The van der Waals surface area contributed by atoms with Crippen LogP contribution in [0.25, 0.3) is 76.9 Å². The molecule has 0 radical (unpaired) electrons. The van der Waals surface area contributed by atoms with E-state index in [-0.39, 0.29) is 10.8 Å². The number of furan rings is 2. The second-order valence-electron chi connectivity index (χ2n) is 27.0. The molecule has 2 aromatic heterocycles. The molecule has 0 N–H and O–H groups in total. The van der Waals surface area contributed by atoms with Gasteiger partial charge < -0.3 is 28.4 Å². The number of para-hydroxylation sites is 4. The maximum Gasteiger partial charge on any atom is 0.160 e. The molecule has 0 amide bonds. The molecule has 0 atom stereocenters. The van der Waals surface area contributed by atoms with Crippen molar-refractivity contribution in [2.75, 3.05) is 19.6 Å². The van der Waals surface area contributed by atoms with Crippen LogP contribution in [0.3, 0.4) is 0 Å². The summed E-state index contributed by atoms with van der Waals surface area (Å²) >= 11 is 0. The predicted octanol–water partition coefficient (Wildman–Crippen LogP) is 26.4. The molecule has 0 spiro atoms. The molecule has 0 aliphatic carbocycles. The Morgan fingerprint density at radius 1 is 0.219 bits per heavy atom. The van der Waals surface area contributed by atoms with Crippen LogP contribution in [0, 0.1) is 0 Å². The maximum absolute atomic E-state index is 7.68. The van der Waals surface area contributed by atoms with Crippen molar-refractivity contribution in [3.05, 3.63) is 339 Å². The average Bonchev–Trinajstić information content (AvgIpc) is 1.39. The van der Waals surface area contributed by atoms with Gasteiger partial charge in [0.2, 0.25) is 0 Å². The first-order valence-corrected chi connectivity index (χ1v) is 33.1. The fourth-order valence-corrected chi connectivity index (χ4v) is 13.8. The predicted molar refractivity (Wildman–Crippen MR) is 406 cm³/mol. The van der Waals surface area contributed by atoms with Crippen molar-refractivity contribution < 1.29 is 8.83 Å². The summed E-state index contributed by atoms with van der Waals surface area (Å²) in [5.74, 6) is 0. The van der Waals surface area contributed by atoms with Crippen LogP contribution in [0.2, 0.25) is 0 Å². The molecule has 16 aromatic rings. The van der Waals surface area contributed by atoms with Crippen molar-refractivity contribution in [1.29, 1.82) is 0 Å². The van der Waals surface area contributed by atoms with E-state index in [0.29, 0.717) is 0 Å². The van der Waals surface area contributed by atoms with Gasteiger partial charge in [-0.3, -0.25) is 0 Å². The molecular formula is C90H72N4O2. The maximum atomic E-state index is 7.68. The molecule has 16 rings (SSSR count). The van der Waals surface area contributed by atoms with Crippen LogP contribution in [0.5, 0.6) is 0 Å². The molecule has 96 heavy (non-hydrogen) atoms. The minimum absolute atomic E-state index is 0.0563. The summed E-state index contributed by atoms with van der Waals surface area (Å²) in [7, 11) is 0. The number of nitrogens with zero attached hydrogens (tertiary/aromatic N) is 4. The van der Waals surface area contributed by atoms with E-state index >= 15 is 0 Å². The lowest BCUT2D eigenvalue weighted by molar-refractivity contribution is 0.590. The van der Waals surface area contributed by atoms with Crippen molar-refractivity contribution in [2.45, 2.75) is 52.4 Å². The summed E-state index contributed by atoms with van der Waals surface area (Å²) in [6.07, 6.45) is 0. The summed E-state index contributed by atoms with van der Waals surface area (Å²) in [4.78, 5) is 9.39. The van der Waals surface area contributed by atoms with Gasteiger partial charge in [0, 0.05) is 90.6 Å². The Hall–Kier alpha value is -11.9. The van der Waals surface area contributed by atoms with Crippen LogP contribution in [0.1, 0.15) is 52.7 Å². The van der Waals surface area contributed by atoms with Crippen LogP contribution >= 0.6 is 0 Å². The quantitative estimate of drug-likeness (QED) is 0.108. The summed E-state index contributed by atoms with van der Waals surface area (Å²) < 4.78 is 15.4. The first kappa shape index (κ1) is 59.2. The molecule has 2 heterocycles. The highest BCUT2D eigenvalue weighted by Crippen LogP contribution is 2.54. The van der Waals surface area contributed by atoms with Gasteiger partial charge in [0.15, 0.2) is 11.2 Å². The number of hydrogen-bond donors (Lipinski definition) is 0. The molecule has 14 aromatic carbocycles. The molecule has 6 heteroatoms. The van der Waals surface area contributed by atoms with E-state index in [4.69, 9.17) is 8.83 Å². The zero-order valence-corrected chi connectivity index (χ0v) is 54.8. The zero-order valence-electron chi connectivity index (χ0n) is 54.8. The highest BCUT2D eigenvalue weighted by molar-refractivity contribution is 6.32. The lowest BCUT2D eigenvalue weighted by Crippen LogP contribution is -2.14. The molecule has 0 aliphatic rings. The van der Waals surface area contributed by atoms with Gasteiger partial charge in [-0.25, -0.2) is 0 Å². The smallest absolute Gasteiger partial charge is 0.160 e. The number of fused-ring (bicyclic) bond motifs is 9. The Balaban J connectivity index is 0.995. The third-order valence-electron chi connectivity index (χ3n) is 18.7. The summed E-state index contributed by atoms with van der Waals surface area (Å²) in [5.41, 5.74) is 21.9. The molecule has 0 aliphatic heterocycles. The third-order valence-corrected chi connectivity index (χ3v) is 18.7. The molecule has 0 unspecified atom stereocenters. The second kappa shape index (κ2) is 24.2. The summed E-state index contributed by atoms with van der Waals surface area (Å²) in [5, 5.41) is 6.02. The van der Waals surface area contributed by atoms with Crippen LogP contribution < -0.4 is 19.6 Å². The van der Waals surface area contributed by atoms with E-state index in [1.165, 1.54) is 22.3 Å². The van der Waals surface area contributed by atoms with E-state index in [9.17, 15) is 0 Å². The van der Waals surface area contributed by atoms with Crippen LogP contribution in [0.4, 0.5) is 68.2 Å². The molecule has 0 fully saturated rings. The van der Waals surface area contributed by atoms with Gasteiger partial charge >= 0.3 is 0 Å². The fraction of sp³-hybridized carbons (Fsp3) is 0.0889. The molecule has 0 bridgehead atoms. The number of anilines is 12. The van der Waals surface area contributed by atoms with Crippen molar-refractivity contribution in [3.63, 3.8) is 0 Å². The molecule has 0 saturated heterocycles. The average molecular weight is 1240 g/mol. The van der Waals surface area contributed by atoms with E-state index in [1.54, 1.807) is 0 Å². The lowest BCUT2D eigenvalue weighted by Gasteiger charge is -2.28. The van der Waals surface area contributed by atoms with Crippen LogP contribution in [0.15, 0.2) is 336 Å². The minimum atomic E-state index is -0.0563. The van der Waals surface area contributed by atoms with Crippen molar-refractivity contribution >= 4 is 123 Å².